The summed E-state index contributed by atoms with van der Waals surface area (Å²) in [6.45, 7) is 5.62. The number of aryl methyl sites for hydroxylation is 1. The summed E-state index contributed by atoms with van der Waals surface area (Å²) in [5.74, 6) is -0.0603. The van der Waals surface area contributed by atoms with Gasteiger partial charge >= 0.3 is 0 Å². The molecule has 3 aromatic carbocycles. The Morgan fingerprint density at radius 1 is 0.951 bits per heavy atom. The highest BCUT2D eigenvalue weighted by molar-refractivity contribution is 7.92. The number of sulfonamides is 1. The first kappa shape index (κ1) is 30.5. The zero-order valence-corrected chi connectivity index (χ0v) is 25.5. The number of anilines is 1. The van der Waals surface area contributed by atoms with Crippen LogP contribution >= 0.6 is 34.8 Å². The van der Waals surface area contributed by atoms with Gasteiger partial charge in [-0.25, -0.2) is 13.8 Å². The first-order valence-corrected chi connectivity index (χ1v) is 15.1. The van der Waals surface area contributed by atoms with Crippen molar-refractivity contribution in [3.05, 3.63) is 105 Å². The van der Waals surface area contributed by atoms with Gasteiger partial charge in [-0.2, -0.15) is 5.10 Å². The molecule has 8 nitrogen and oxygen atoms in total. The molecule has 1 N–H and O–H groups in total. The number of nitrogens with zero attached hydrogens (tertiary/aromatic N) is 3. The van der Waals surface area contributed by atoms with Crippen molar-refractivity contribution in [1.82, 2.24) is 9.99 Å². The van der Waals surface area contributed by atoms with Crippen LogP contribution in [0.15, 0.2) is 82.8 Å². The molecular formula is C29H27Cl3N4O4S. The van der Waals surface area contributed by atoms with Crippen molar-refractivity contribution < 1.29 is 17.9 Å². The molecule has 12 heteroatoms. The third-order valence-corrected chi connectivity index (χ3v) is 8.57. The SMILES string of the molecule is CCOc1ccc(N(CC(=O)N/N=C\c2cc(C)n(-c3cc(Cl)cc(Cl)c3)c2C)S(=O)(=O)c2ccc(Cl)cc2)cc1. The molecule has 1 aromatic heterocycles. The smallest absolute Gasteiger partial charge is 0.264 e. The molecule has 0 unspecified atom stereocenters. The van der Waals surface area contributed by atoms with E-state index in [0.717, 1.165) is 26.9 Å². The van der Waals surface area contributed by atoms with Crippen LogP contribution in [0.3, 0.4) is 0 Å². The van der Waals surface area contributed by atoms with Gasteiger partial charge in [0.15, 0.2) is 0 Å². The van der Waals surface area contributed by atoms with Gasteiger partial charge in [0.05, 0.1) is 23.4 Å². The second kappa shape index (κ2) is 13.0. The van der Waals surface area contributed by atoms with Gasteiger partial charge < -0.3 is 9.30 Å². The summed E-state index contributed by atoms with van der Waals surface area (Å²) < 4.78 is 35.6. The Morgan fingerprint density at radius 3 is 2.20 bits per heavy atom. The minimum Gasteiger partial charge on any atom is -0.494 e. The first-order valence-electron chi connectivity index (χ1n) is 12.5. The van der Waals surface area contributed by atoms with Gasteiger partial charge in [-0.1, -0.05) is 34.8 Å². The Morgan fingerprint density at radius 2 is 1.59 bits per heavy atom. The minimum absolute atomic E-state index is 0.0133. The van der Waals surface area contributed by atoms with Gasteiger partial charge in [0.1, 0.15) is 12.3 Å². The Hall–Kier alpha value is -3.50. The molecule has 0 atom stereocenters. The Labute approximate surface area is 254 Å². The zero-order valence-electron chi connectivity index (χ0n) is 22.4. The third kappa shape index (κ3) is 7.23. The number of hydrogen-bond donors (Lipinski definition) is 1. The topological polar surface area (TPSA) is 93.0 Å². The summed E-state index contributed by atoms with van der Waals surface area (Å²) in [6, 6.07) is 19.3. The first-order chi connectivity index (χ1) is 19.5. The molecule has 0 bridgehead atoms. The fraction of sp³-hybridized carbons (Fsp3) is 0.172. The number of carbonyl (C=O) groups excluding carboxylic acids is 1. The van der Waals surface area contributed by atoms with Crippen LogP contribution < -0.4 is 14.5 Å². The molecule has 0 radical (unpaired) electrons. The number of nitrogens with one attached hydrogen (secondary N) is 1. The van der Waals surface area contributed by atoms with Crippen molar-refractivity contribution in [3.63, 3.8) is 0 Å². The van der Waals surface area contributed by atoms with Crippen molar-refractivity contribution in [1.29, 1.82) is 0 Å². The zero-order chi connectivity index (χ0) is 29.7. The number of benzene rings is 3. The number of carbonyl (C=O) groups is 1. The predicted octanol–water partition coefficient (Wildman–Crippen LogP) is 6.80. The van der Waals surface area contributed by atoms with E-state index in [1.54, 1.807) is 42.5 Å². The molecule has 0 aliphatic heterocycles. The summed E-state index contributed by atoms with van der Waals surface area (Å²) in [5.41, 5.74) is 6.01. The number of amides is 1. The van der Waals surface area contributed by atoms with E-state index in [1.165, 1.54) is 30.5 Å². The van der Waals surface area contributed by atoms with Crippen LogP contribution in [-0.2, 0) is 14.8 Å². The van der Waals surface area contributed by atoms with E-state index in [-0.39, 0.29) is 10.6 Å². The number of ether oxygens (including phenoxy) is 1. The second-order valence-electron chi connectivity index (χ2n) is 8.98. The summed E-state index contributed by atoms with van der Waals surface area (Å²) in [4.78, 5) is 12.9. The quantitative estimate of drug-likeness (QED) is 0.154. The van der Waals surface area contributed by atoms with Crippen molar-refractivity contribution >= 4 is 62.6 Å². The normalized spacial score (nSPS) is 11.6. The maximum Gasteiger partial charge on any atom is 0.264 e. The second-order valence-corrected chi connectivity index (χ2v) is 12.1. The molecule has 0 saturated heterocycles. The number of aromatic nitrogens is 1. The highest BCUT2D eigenvalue weighted by Crippen LogP contribution is 2.28. The fourth-order valence-corrected chi connectivity index (χ4v) is 6.31. The van der Waals surface area contributed by atoms with E-state index in [9.17, 15) is 13.2 Å². The van der Waals surface area contributed by atoms with Crippen LogP contribution in [0.5, 0.6) is 5.75 Å². The lowest BCUT2D eigenvalue weighted by molar-refractivity contribution is -0.119. The van der Waals surface area contributed by atoms with Crippen LogP contribution in [0.2, 0.25) is 15.1 Å². The van der Waals surface area contributed by atoms with Gasteiger partial charge in [0.2, 0.25) is 0 Å². The average molecular weight is 634 g/mol. The molecule has 0 aliphatic rings. The van der Waals surface area contributed by atoms with E-state index >= 15 is 0 Å². The van der Waals surface area contributed by atoms with E-state index in [4.69, 9.17) is 39.5 Å². The monoisotopic (exact) mass is 632 g/mol. The van der Waals surface area contributed by atoms with Crippen LogP contribution in [0.25, 0.3) is 5.69 Å². The van der Waals surface area contributed by atoms with Gasteiger partial charge in [-0.15, -0.1) is 0 Å². The fourth-order valence-electron chi connectivity index (χ4n) is 4.25. The molecular weight excluding hydrogens is 607 g/mol. The molecule has 4 aromatic rings. The lowest BCUT2D eigenvalue weighted by atomic mass is 10.2. The number of hydrazone groups is 1. The lowest BCUT2D eigenvalue weighted by Crippen LogP contribution is -2.39. The highest BCUT2D eigenvalue weighted by atomic mass is 35.5. The van der Waals surface area contributed by atoms with Crippen LogP contribution in [0.1, 0.15) is 23.9 Å². The molecule has 0 saturated carbocycles. The molecule has 4 rings (SSSR count). The van der Waals surface area contributed by atoms with Crippen LogP contribution in [0.4, 0.5) is 5.69 Å². The van der Waals surface area contributed by atoms with E-state index in [0.29, 0.717) is 27.4 Å². The van der Waals surface area contributed by atoms with E-state index < -0.39 is 22.5 Å². The van der Waals surface area contributed by atoms with E-state index in [1.807, 2.05) is 31.4 Å². The molecule has 1 heterocycles. The Bertz CT molecular complexity index is 1670. The Kier molecular flexibility index (Phi) is 9.65. The predicted molar refractivity (Wildman–Crippen MR) is 165 cm³/mol. The highest BCUT2D eigenvalue weighted by Gasteiger charge is 2.27. The maximum absolute atomic E-state index is 13.6. The molecule has 0 aliphatic carbocycles. The van der Waals surface area contributed by atoms with Gasteiger partial charge in [0, 0.05) is 37.7 Å². The molecule has 0 fully saturated rings. The minimum atomic E-state index is -4.12. The standard InChI is InChI=1S/C29H27Cl3N4O4S/c1-4-40-27-9-7-25(8-10-27)35(41(38,39)28-11-5-22(30)6-12-28)18-29(37)34-33-17-21-13-19(2)36(20(21)3)26-15-23(31)14-24(32)16-26/h5-17H,4,18H2,1-3H3,(H,34,37)/b33-17-. The van der Waals surface area contributed by atoms with Gasteiger partial charge in [-0.05, 0) is 93.6 Å². The summed E-state index contributed by atoms with van der Waals surface area (Å²) in [5, 5.41) is 5.49. The van der Waals surface area contributed by atoms with Crippen molar-refractivity contribution in [3.8, 4) is 11.4 Å². The van der Waals surface area contributed by atoms with Crippen LogP contribution in [-0.4, -0.2) is 38.3 Å². The van der Waals surface area contributed by atoms with Crippen LogP contribution in [0, 0.1) is 13.8 Å². The van der Waals surface area contributed by atoms with Gasteiger partial charge in [-0.3, -0.25) is 9.10 Å². The molecule has 214 valence electrons. The van der Waals surface area contributed by atoms with Crippen molar-refractivity contribution in [2.24, 2.45) is 5.10 Å². The molecule has 0 spiro atoms. The third-order valence-electron chi connectivity index (χ3n) is 6.09. The summed E-state index contributed by atoms with van der Waals surface area (Å²) in [6.07, 6.45) is 1.50. The lowest BCUT2D eigenvalue weighted by Gasteiger charge is -2.24. The van der Waals surface area contributed by atoms with E-state index in [2.05, 4.69) is 10.5 Å². The van der Waals surface area contributed by atoms with Gasteiger partial charge in [0.25, 0.3) is 15.9 Å². The molecule has 1 amide bonds. The van der Waals surface area contributed by atoms with Crippen molar-refractivity contribution in [2.45, 2.75) is 25.7 Å². The largest absolute Gasteiger partial charge is 0.494 e. The summed E-state index contributed by atoms with van der Waals surface area (Å²) >= 11 is 18.3. The summed E-state index contributed by atoms with van der Waals surface area (Å²) in [7, 11) is -4.12. The van der Waals surface area contributed by atoms with Crippen molar-refractivity contribution in [2.75, 3.05) is 17.5 Å². The number of halogens is 3. The maximum atomic E-state index is 13.6. The Balaban J connectivity index is 1.56. The molecule has 41 heavy (non-hydrogen) atoms. The number of rotatable bonds is 10. The number of hydrogen-bond acceptors (Lipinski definition) is 5. The average Bonchev–Trinajstić information content (AvgIpc) is 3.20.